The summed E-state index contributed by atoms with van der Waals surface area (Å²) in [4.78, 5) is 36.5. The molecule has 1 amide bonds. The van der Waals surface area contributed by atoms with Crippen LogP contribution in [0.2, 0.25) is 0 Å². The van der Waals surface area contributed by atoms with Crippen molar-refractivity contribution in [1.82, 2.24) is 4.90 Å². The van der Waals surface area contributed by atoms with E-state index in [9.17, 15) is 14.4 Å². The van der Waals surface area contributed by atoms with Crippen molar-refractivity contribution in [3.05, 3.63) is 0 Å². The SMILES string of the molecule is CCCCCN(C(=O)OC)C(CCC(=O)O)C(=O)OC(C)(C)C. The van der Waals surface area contributed by atoms with E-state index in [-0.39, 0.29) is 12.8 Å². The average Bonchev–Trinajstić information content (AvgIpc) is 2.42. The van der Waals surface area contributed by atoms with Crippen LogP contribution >= 0.6 is 0 Å². The molecule has 0 saturated carbocycles. The highest BCUT2D eigenvalue weighted by Gasteiger charge is 2.34. The minimum absolute atomic E-state index is 0.00846. The predicted octanol–water partition coefficient (Wildman–Crippen LogP) is 2.82. The number of amides is 1. The van der Waals surface area contributed by atoms with Gasteiger partial charge in [-0.2, -0.15) is 0 Å². The molecule has 0 aliphatic carbocycles. The van der Waals surface area contributed by atoms with E-state index in [0.717, 1.165) is 12.8 Å². The summed E-state index contributed by atoms with van der Waals surface area (Å²) in [5.41, 5.74) is -0.718. The Labute approximate surface area is 137 Å². The maximum absolute atomic E-state index is 12.4. The van der Waals surface area contributed by atoms with Crippen molar-refractivity contribution in [2.24, 2.45) is 0 Å². The van der Waals surface area contributed by atoms with Gasteiger partial charge in [-0.15, -0.1) is 0 Å². The molecule has 0 spiro atoms. The molecule has 1 N–H and O–H groups in total. The molecule has 134 valence electrons. The summed E-state index contributed by atoms with van der Waals surface area (Å²) in [5.74, 6) is -1.64. The van der Waals surface area contributed by atoms with Gasteiger partial charge in [0.05, 0.1) is 7.11 Å². The molecule has 7 nitrogen and oxygen atoms in total. The number of methoxy groups -OCH3 is 1. The third kappa shape index (κ3) is 9.05. The molecule has 0 rings (SSSR count). The first-order chi connectivity index (χ1) is 10.6. The Kier molecular flexibility index (Phi) is 9.29. The molecule has 0 aliphatic heterocycles. The van der Waals surface area contributed by atoms with Crippen molar-refractivity contribution in [3.63, 3.8) is 0 Å². The summed E-state index contributed by atoms with van der Waals surface area (Å²) in [5, 5.41) is 8.88. The largest absolute Gasteiger partial charge is 0.481 e. The lowest BCUT2D eigenvalue weighted by atomic mass is 10.1. The first-order valence-corrected chi connectivity index (χ1v) is 7.91. The Morgan fingerprint density at radius 1 is 1.17 bits per heavy atom. The summed E-state index contributed by atoms with van der Waals surface area (Å²) in [6, 6.07) is -0.963. The molecule has 0 aromatic carbocycles. The number of esters is 1. The Balaban J connectivity index is 5.22. The molecule has 0 radical (unpaired) electrons. The zero-order valence-electron chi connectivity index (χ0n) is 14.8. The fourth-order valence-electron chi connectivity index (χ4n) is 2.05. The molecule has 1 unspecified atom stereocenters. The highest BCUT2D eigenvalue weighted by molar-refractivity contribution is 5.82. The Hall–Kier alpha value is -1.79. The molecule has 0 saturated heterocycles. The molecule has 0 aromatic heterocycles. The van der Waals surface area contributed by atoms with Gasteiger partial charge in [0.2, 0.25) is 0 Å². The van der Waals surface area contributed by atoms with Crippen LogP contribution in [0.25, 0.3) is 0 Å². The van der Waals surface area contributed by atoms with E-state index in [1.54, 1.807) is 20.8 Å². The molecule has 0 aliphatic rings. The van der Waals surface area contributed by atoms with E-state index < -0.39 is 29.7 Å². The summed E-state index contributed by atoms with van der Waals surface area (Å²) in [7, 11) is 1.23. The van der Waals surface area contributed by atoms with E-state index in [1.807, 2.05) is 6.92 Å². The van der Waals surface area contributed by atoms with Crippen LogP contribution in [0.4, 0.5) is 4.79 Å². The minimum atomic E-state index is -1.03. The van der Waals surface area contributed by atoms with Crippen molar-refractivity contribution >= 4 is 18.0 Å². The quantitative estimate of drug-likeness (QED) is 0.516. The van der Waals surface area contributed by atoms with Crippen LogP contribution in [0.5, 0.6) is 0 Å². The lowest BCUT2D eigenvalue weighted by molar-refractivity contribution is -0.161. The number of carboxylic acid groups (broad SMARTS) is 1. The average molecular weight is 331 g/mol. The van der Waals surface area contributed by atoms with Gasteiger partial charge < -0.3 is 14.6 Å². The minimum Gasteiger partial charge on any atom is -0.481 e. The van der Waals surface area contributed by atoms with Crippen LogP contribution in [-0.2, 0) is 19.1 Å². The summed E-state index contributed by atoms with van der Waals surface area (Å²) in [6.45, 7) is 7.51. The highest BCUT2D eigenvalue weighted by Crippen LogP contribution is 2.17. The standard InChI is InChI=1S/C16H29NO6/c1-6-7-8-11-17(15(21)22-5)12(9-10-13(18)19)14(20)23-16(2,3)4/h12H,6-11H2,1-5H3,(H,18,19). The van der Waals surface area contributed by atoms with Gasteiger partial charge >= 0.3 is 18.0 Å². The number of rotatable bonds is 9. The van der Waals surface area contributed by atoms with E-state index >= 15 is 0 Å². The molecule has 7 heteroatoms. The van der Waals surface area contributed by atoms with Gasteiger partial charge in [0, 0.05) is 13.0 Å². The normalized spacial score (nSPS) is 12.4. The topological polar surface area (TPSA) is 93.1 Å². The van der Waals surface area contributed by atoms with Gasteiger partial charge in [0.25, 0.3) is 0 Å². The van der Waals surface area contributed by atoms with Gasteiger partial charge in [0.1, 0.15) is 11.6 Å². The number of unbranched alkanes of at least 4 members (excludes halogenated alkanes) is 2. The fraction of sp³-hybridized carbons (Fsp3) is 0.812. The van der Waals surface area contributed by atoms with Crippen LogP contribution in [0.3, 0.4) is 0 Å². The van der Waals surface area contributed by atoms with Crippen molar-refractivity contribution in [1.29, 1.82) is 0 Å². The molecular formula is C16H29NO6. The zero-order valence-corrected chi connectivity index (χ0v) is 14.8. The van der Waals surface area contributed by atoms with E-state index in [2.05, 4.69) is 0 Å². The number of hydrogen-bond donors (Lipinski definition) is 1. The third-order valence-corrected chi connectivity index (χ3v) is 3.10. The predicted molar refractivity (Wildman–Crippen MR) is 85.1 cm³/mol. The molecule has 0 fully saturated rings. The van der Waals surface area contributed by atoms with Gasteiger partial charge in [-0.3, -0.25) is 9.69 Å². The number of carbonyl (C=O) groups excluding carboxylic acids is 2. The number of hydrogen-bond acceptors (Lipinski definition) is 5. The maximum atomic E-state index is 12.4. The van der Waals surface area contributed by atoms with Crippen LogP contribution < -0.4 is 0 Å². The van der Waals surface area contributed by atoms with Crippen molar-refractivity contribution in [2.45, 2.75) is 71.4 Å². The first kappa shape index (κ1) is 21.2. The zero-order chi connectivity index (χ0) is 18.0. The second-order valence-electron chi connectivity index (χ2n) is 6.35. The highest BCUT2D eigenvalue weighted by atomic mass is 16.6. The van der Waals surface area contributed by atoms with E-state index in [0.29, 0.717) is 13.0 Å². The third-order valence-electron chi connectivity index (χ3n) is 3.10. The number of aliphatic carboxylic acids is 1. The summed E-state index contributed by atoms with van der Waals surface area (Å²) >= 11 is 0. The molecule has 0 bridgehead atoms. The summed E-state index contributed by atoms with van der Waals surface area (Å²) < 4.78 is 10.1. The number of nitrogens with zero attached hydrogens (tertiary/aromatic N) is 1. The molecule has 23 heavy (non-hydrogen) atoms. The molecule has 0 heterocycles. The van der Waals surface area contributed by atoms with Crippen LogP contribution in [0, 0.1) is 0 Å². The Bertz CT molecular complexity index is 402. The van der Waals surface area contributed by atoms with Crippen LogP contribution in [0.1, 0.15) is 59.8 Å². The monoisotopic (exact) mass is 331 g/mol. The van der Waals surface area contributed by atoms with Crippen molar-refractivity contribution in [3.8, 4) is 0 Å². The lowest BCUT2D eigenvalue weighted by Gasteiger charge is -2.31. The Morgan fingerprint density at radius 2 is 1.78 bits per heavy atom. The second kappa shape index (κ2) is 10.1. The van der Waals surface area contributed by atoms with Crippen LogP contribution in [-0.4, -0.2) is 53.3 Å². The smallest absolute Gasteiger partial charge is 0.410 e. The van der Waals surface area contributed by atoms with Gasteiger partial charge in [0.15, 0.2) is 0 Å². The first-order valence-electron chi connectivity index (χ1n) is 7.91. The second-order valence-corrected chi connectivity index (χ2v) is 6.35. The van der Waals surface area contributed by atoms with E-state index in [1.165, 1.54) is 12.0 Å². The number of ether oxygens (including phenoxy) is 2. The maximum Gasteiger partial charge on any atom is 0.410 e. The van der Waals surface area contributed by atoms with E-state index in [4.69, 9.17) is 14.6 Å². The fourth-order valence-corrected chi connectivity index (χ4v) is 2.05. The van der Waals surface area contributed by atoms with Gasteiger partial charge in [-0.1, -0.05) is 19.8 Å². The number of carboxylic acids is 1. The Morgan fingerprint density at radius 3 is 2.22 bits per heavy atom. The summed E-state index contributed by atoms with van der Waals surface area (Å²) in [6.07, 6.45) is 1.67. The lowest BCUT2D eigenvalue weighted by Crippen LogP contribution is -2.48. The molecular weight excluding hydrogens is 302 g/mol. The van der Waals surface area contributed by atoms with Crippen LogP contribution in [0.15, 0.2) is 0 Å². The van der Waals surface area contributed by atoms with Gasteiger partial charge in [-0.05, 0) is 33.6 Å². The van der Waals surface area contributed by atoms with Crippen molar-refractivity contribution < 1.29 is 29.0 Å². The van der Waals surface area contributed by atoms with Crippen molar-refractivity contribution in [2.75, 3.05) is 13.7 Å². The molecule has 1 atom stereocenters. The number of carbonyl (C=O) groups is 3. The van der Waals surface area contributed by atoms with Gasteiger partial charge in [-0.25, -0.2) is 9.59 Å². The molecule has 0 aromatic rings.